The quantitative estimate of drug-likeness (QED) is 0.0261. The maximum absolute atomic E-state index is 12.9. The molecule has 1 unspecified atom stereocenters. The average Bonchev–Trinajstić information content (AvgIpc) is 3.39. The van der Waals surface area contributed by atoms with Crippen LogP contribution in [0.4, 0.5) is 0 Å². The van der Waals surface area contributed by atoms with E-state index in [-0.39, 0.29) is 31.1 Å². The van der Waals surface area contributed by atoms with Gasteiger partial charge >= 0.3 is 17.9 Å². The summed E-state index contributed by atoms with van der Waals surface area (Å²) in [5.74, 6) is -0.869. The highest BCUT2D eigenvalue weighted by molar-refractivity contribution is 5.71. The highest BCUT2D eigenvalue weighted by Gasteiger charge is 2.19. The molecule has 73 heavy (non-hydrogen) atoms. The molecule has 0 aliphatic carbocycles. The number of hydrogen-bond acceptors (Lipinski definition) is 6. The van der Waals surface area contributed by atoms with Gasteiger partial charge in [0, 0.05) is 19.3 Å². The van der Waals surface area contributed by atoms with Gasteiger partial charge in [-0.3, -0.25) is 14.4 Å². The van der Waals surface area contributed by atoms with E-state index in [0.29, 0.717) is 19.3 Å². The molecule has 0 spiro atoms. The molecule has 430 valence electrons. The van der Waals surface area contributed by atoms with Crippen molar-refractivity contribution >= 4 is 17.9 Å². The second kappa shape index (κ2) is 62.4. The van der Waals surface area contributed by atoms with Crippen LogP contribution in [0.1, 0.15) is 367 Å². The van der Waals surface area contributed by atoms with Crippen LogP contribution in [0.25, 0.3) is 0 Å². The van der Waals surface area contributed by atoms with Gasteiger partial charge in [0.15, 0.2) is 6.10 Å². The van der Waals surface area contributed by atoms with E-state index in [4.69, 9.17) is 14.2 Å². The summed E-state index contributed by atoms with van der Waals surface area (Å²) in [7, 11) is 0. The zero-order valence-electron chi connectivity index (χ0n) is 49.4. The van der Waals surface area contributed by atoms with Crippen LogP contribution < -0.4 is 0 Å². The van der Waals surface area contributed by atoms with E-state index < -0.39 is 6.10 Å². The van der Waals surface area contributed by atoms with Crippen molar-refractivity contribution in [3.63, 3.8) is 0 Å². The minimum absolute atomic E-state index is 0.0727. The first-order chi connectivity index (χ1) is 36.0. The van der Waals surface area contributed by atoms with Crippen molar-refractivity contribution in [3.05, 3.63) is 24.3 Å². The Labute approximate surface area is 455 Å². The van der Waals surface area contributed by atoms with Crippen LogP contribution in [-0.4, -0.2) is 37.2 Å². The molecule has 0 bridgehead atoms. The molecule has 0 radical (unpaired) electrons. The Hall–Kier alpha value is -2.11. The number of ether oxygens (including phenoxy) is 3. The Morgan fingerprint density at radius 2 is 0.466 bits per heavy atom. The normalized spacial score (nSPS) is 12.1. The summed E-state index contributed by atoms with van der Waals surface area (Å²) in [4.78, 5) is 38.2. The van der Waals surface area contributed by atoms with Gasteiger partial charge in [-0.2, -0.15) is 0 Å². The van der Waals surface area contributed by atoms with Gasteiger partial charge in [-0.25, -0.2) is 0 Å². The monoisotopic (exact) mass is 1030 g/mol. The summed E-state index contributed by atoms with van der Waals surface area (Å²) in [5.41, 5.74) is 0. The average molecular weight is 1030 g/mol. The molecule has 1 atom stereocenters. The number of hydrogen-bond donors (Lipinski definition) is 0. The van der Waals surface area contributed by atoms with Crippen molar-refractivity contribution in [2.45, 2.75) is 374 Å². The van der Waals surface area contributed by atoms with Crippen LogP contribution in [0, 0.1) is 0 Å². The lowest BCUT2D eigenvalue weighted by atomic mass is 10.0. The van der Waals surface area contributed by atoms with Gasteiger partial charge < -0.3 is 14.2 Å². The Balaban J connectivity index is 4.10. The predicted molar refractivity (Wildman–Crippen MR) is 316 cm³/mol. The second-order valence-electron chi connectivity index (χ2n) is 22.4. The van der Waals surface area contributed by atoms with Crippen LogP contribution in [0.2, 0.25) is 0 Å². The fourth-order valence-electron chi connectivity index (χ4n) is 9.95. The fraction of sp³-hybridized carbons (Fsp3) is 0.896. The summed E-state index contributed by atoms with van der Waals surface area (Å²) in [5, 5.41) is 0. The Kier molecular flexibility index (Phi) is 60.6. The highest BCUT2D eigenvalue weighted by Crippen LogP contribution is 2.18. The third kappa shape index (κ3) is 60.6. The lowest BCUT2D eigenvalue weighted by Gasteiger charge is -2.18. The van der Waals surface area contributed by atoms with E-state index >= 15 is 0 Å². The predicted octanol–water partition coefficient (Wildman–Crippen LogP) is 22.2. The Bertz CT molecular complexity index is 1180. The number of rotatable bonds is 61. The number of unbranched alkanes of at least 4 members (excludes halogenated alkanes) is 46. The first-order valence-corrected chi connectivity index (χ1v) is 32.8. The summed E-state index contributed by atoms with van der Waals surface area (Å²) in [6.07, 6.45) is 75.0. The molecular formula is C67H126O6. The number of esters is 3. The number of carbonyl (C=O) groups excluding carboxylic acids is 3. The molecule has 0 aromatic carbocycles. The first-order valence-electron chi connectivity index (χ1n) is 32.8. The molecule has 0 aliphatic rings. The van der Waals surface area contributed by atoms with Gasteiger partial charge in [0.2, 0.25) is 0 Å². The Morgan fingerprint density at radius 1 is 0.260 bits per heavy atom. The molecule has 0 heterocycles. The van der Waals surface area contributed by atoms with Crippen LogP contribution in [-0.2, 0) is 28.6 Å². The third-order valence-corrected chi connectivity index (χ3v) is 14.9. The van der Waals surface area contributed by atoms with E-state index in [1.165, 1.54) is 257 Å². The van der Waals surface area contributed by atoms with Crippen molar-refractivity contribution in [2.24, 2.45) is 0 Å². The molecule has 6 nitrogen and oxygen atoms in total. The molecule has 0 amide bonds. The minimum atomic E-state index is -0.776. The Morgan fingerprint density at radius 3 is 0.726 bits per heavy atom. The standard InChI is InChI=1S/C67H126O6/c1-4-7-10-13-16-19-22-24-26-27-28-29-30-31-32-33-34-35-36-37-38-39-41-42-45-48-51-54-57-60-66(69)72-63-64(62-71-65(68)59-56-53-50-47-44-21-18-15-12-9-6-3)73-67(70)61-58-55-52-49-46-43-40-25-23-20-17-14-11-8-5-2/h15,18,25,40,64H,4-14,16-17,19-24,26-39,41-63H2,1-3H3/b18-15-,40-25-. The molecule has 0 aromatic rings. The molecule has 6 heteroatoms. The van der Waals surface area contributed by atoms with Gasteiger partial charge in [0.1, 0.15) is 13.2 Å². The molecule has 0 saturated heterocycles. The van der Waals surface area contributed by atoms with Gasteiger partial charge in [-0.05, 0) is 64.2 Å². The van der Waals surface area contributed by atoms with Crippen molar-refractivity contribution in [1.29, 1.82) is 0 Å². The molecule has 0 saturated carbocycles. The van der Waals surface area contributed by atoms with Gasteiger partial charge in [0.05, 0.1) is 0 Å². The van der Waals surface area contributed by atoms with Crippen molar-refractivity contribution < 1.29 is 28.6 Å². The summed E-state index contributed by atoms with van der Waals surface area (Å²) < 4.78 is 16.9. The van der Waals surface area contributed by atoms with Gasteiger partial charge in [-0.15, -0.1) is 0 Å². The van der Waals surface area contributed by atoms with E-state index in [1.807, 2.05) is 0 Å². The maximum Gasteiger partial charge on any atom is 0.306 e. The van der Waals surface area contributed by atoms with E-state index in [2.05, 4.69) is 45.1 Å². The lowest BCUT2D eigenvalue weighted by Crippen LogP contribution is -2.30. The summed E-state index contributed by atoms with van der Waals surface area (Å²) in [6, 6.07) is 0. The molecule has 0 N–H and O–H groups in total. The van der Waals surface area contributed by atoms with Crippen LogP contribution in [0.3, 0.4) is 0 Å². The number of carbonyl (C=O) groups is 3. The molecular weight excluding hydrogens is 901 g/mol. The maximum atomic E-state index is 12.9. The van der Waals surface area contributed by atoms with E-state index in [9.17, 15) is 14.4 Å². The molecule has 0 aromatic heterocycles. The topological polar surface area (TPSA) is 78.9 Å². The second-order valence-corrected chi connectivity index (χ2v) is 22.4. The lowest BCUT2D eigenvalue weighted by molar-refractivity contribution is -0.167. The molecule has 0 aliphatic heterocycles. The van der Waals surface area contributed by atoms with Crippen molar-refractivity contribution in [3.8, 4) is 0 Å². The summed E-state index contributed by atoms with van der Waals surface area (Å²) >= 11 is 0. The van der Waals surface area contributed by atoms with Crippen molar-refractivity contribution in [2.75, 3.05) is 13.2 Å². The highest BCUT2D eigenvalue weighted by atomic mass is 16.6. The minimum Gasteiger partial charge on any atom is -0.462 e. The van der Waals surface area contributed by atoms with E-state index in [1.54, 1.807) is 0 Å². The van der Waals surface area contributed by atoms with Gasteiger partial charge in [0.25, 0.3) is 0 Å². The molecule has 0 fully saturated rings. The van der Waals surface area contributed by atoms with Crippen molar-refractivity contribution in [1.82, 2.24) is 0 Å². The van der Waals surface area contributed by atoms with Gasteiger partial charge in [-0.1, -0.05) is 308 Å². The number of allylic oxidation sites excluding steroid dienone is 4. The largest absolute Gasteiger partial charge is 0.462 e. The van der Waals surface area contributed by atoms with Crippen LogP contribution in [0.5, 0.6) is 0 Å². The zero-order chi connectivity index (χ0) is 52.9. The third-order valence-electron chi connectivity index (χ3n) is 14.9. The summed E-state index contributed by atoms with van der Waals surface area (Å²) in [6.45, 7) is 6.64. The van der Waals surface area contributed by atoms with E-state index in [0.717, 1.165) is 70.6 Å². The van der Waals surface area contributed by atoms with Crippen LogP contribution in [0.15, 0.2) is 24.3 Å². The zero-order valence-corrected chi connectivity index (χ0v) is 49.4. The van der Waals surface area contributed by atoms with Crippen LogP contribution >= 0.6 is 0 Å². The molecule has 0 rings (SSSR count). The first kappa shape index (κ1) is 70.9. The SMILES string of the molecule is CCCC/C=C\CCCCCCCC(=O)OCC(COC(=O)CCCCCCCCCCCCCCCCCCCCCCCCCCCCCCC)OC(=O)CCCCCCC/C=C\CCCCCCCC. The smallest absolute Gasteiger partial charge is 0.306 e. The fourth-order valence-corrected chi connectivity index (χ4v) is 9.95.